The van der Waals surface area contributed by atoms with E-state index in [1.54, 1.807) is 5.57 Å². The molecule has 3 atom stereocenters. The number of ether oxygens (including phenoxy) is 1. The molecule has 0 spiro atoms. The molecule has 0 saturated carbocycles. The van der Waals surface area contributed by atoms with Gasteiger partial charge in [0.1, 0.15) is 5.44 Å². The lowest BCUT2D eigenvalue weighted by molar-refractivity contribution is 0.0402. The molecule has 0 aromatic rings. The highest BCUT2D eigenvalue weighted by Crippen LogP contribution is 2.44. The van der Waals surface area contributed by atoms with E-state index >= 15 is 0 Å². The molecule has 2 heteroatoms. The zero-order chi connectivity index (χ0) is 11.8. The van der Waals surface area contributed by atoms with Crippen LogP contribution < -0.4 is 0 Å². The Morgan fingerprint density at radius 1 is 1.44 bits per heavy atom. The van der Waals surface area contributed by atoms with Crippen LogP contribution in [0.4, 0.5) is 0 Å². The summed E-state index contributed by atoms with van der Waals surface area (Å²) in [6.07, 6.45) is 6.19. The molecule has 0 radical (unpaired) electrons. The standard InChI is InChI=1S/C14H24OS/c1-10-5-6-12(11(2)9-10)13-15-8-7-14(3,4)16-13/h9,11-13H,5-8H2,1-4H3. The Bertz CT molecular complexity index is 282. The second-order valence-corrected chi connectivity index (χ2v) is 7.75. The molecule has 0 aromatic heterocycles. The van der Waals surface area contributed by atoms with E-state index in [1.807, 2.05) is 11.8 Å². The maximum absolute atomic E-state index is 5.99. The van der Waals surface area contributed by atoms with Crippen LogP contribution >= 0.6 is 11.8 Å². The average Bonchev–Trinajstić information content (AvgIpc) is 2.15. The topological polar surface area (TPSA) is 9.23 Å². The molecule has 92 valence electrons. The molecule has 3 unspecified atom stereocenters. The monoisotopic (exact) mass is 240 g/mol. The summed E-state index contributed by atoms with van der Waals surface area (Å²) in [6, 6.07) is 0. The molecule has 1 nitrogen and oxygen atoms in total. The van der Waals surface area contributed by atoms with Gasteiger partial charge in [0.25, 0.3) is 0 Å². The highest BCUT2D eigenvalue weighted by atomic mass is 32.2. The predicted octanol–water partition coefficient (Wildman–Crippen LogP) is 4.24. The third-order valence-corrected chi connectivity index (χ3v) is 5.43. The third-order valence-electron chi connectivity index (χ3n) is 3.87. The SMILES string of the molecule is CC1=CC(C)C(C2OCCC(C)(C)S2)CC1. The first-order chi connectivity index (χ1) is 7.48. The van der Waals surface area contributed by atoms with Gasteiger partial charge in [-0.3, -0.25) is 0 Å². The zero-order valence-corrected chi connectivity index (χ0v) is 11.8. The summed E-state index contributed by atoms with van der Waals surface area (Å²) < 4.78 is 6.39. The van der Waals surface area contributed by atoms with E-state index in [2.05, 4.69) is 33.8 Å². The van der Waals surface area contributed by atoms with Gasteiger partial charge < -0.3 is 4.74 Å². The number of hydrogen-bond donors (Lipinski definition) is 0. The van der Waals surface area contributed by atoms with Crippen LogP contribution in [-0.2, 0) is 4.74 Å². The van der Waals surface area contributed by atoms with E-state index in [-0.39, 0.29) is 0 Å². The van der Waals surface area contributed by atoms with E-state index in [9.17, 15) is 0 Å². The first kappa shape index (κ1) is 12.5. The Morgan fingerprint density at radius 3 is 2.81 bits per heavy atom. The van der Waals surface area contributed by atoms with Crippen LogP contribution in [0.3, 0.4) is 0 Å². The summed E-state index contributed by atoms with van der Waals surface area (Å²) in [5, 5.41) is 0. The predicted molar refractivity (Wildman–Crippen MR) is 71.7 cm³/mol. The summed E-state index contributed by atoms with van der Waals surface area (Å²) in [4.78, 5) is 0. The van der Waals surface area contributed by atoms with E-state index in [0.29, 0.717) is 22.0 Å². The molecular weight excluding hydrogens is 216 g/mol. The second kappa shape index (κ2) is 4.73. The quantitative estimate of drug-likeness (QED) is 0.634. The highest BCUT2D eigenvalue weighted by molar-refractivity contribution is 8.01. The van der Waals surface area contributed by atoms with Crippen molar-refractivity contribution in [2.75, 3.05) is 6.61 Å². The van der Waals surface area contributed by atoms with Gasteiger partial charge in [-0.05, 0) is 32.1 Å². The highest BCUT2D eigenvalue weighted by Gasteiger charge is 2.36. The molecule has 1 saturated heterocycles. The summed E-state index contributed by atoms with van der Waals surface area (Å²) in [7, 11) is 0. The Hall–Kier alpha value is 0.0500. The molecule has 1 aliphatic heterocycles. The Balaban J connectivity index is 2.02. The molecule has 0 N–H and O–H groups in total. The third kappa shape index (κ3) is 2.84. The largest absolute Gasteiger partial charge is 0.367 e. The first-order valence-electron chi connectivity index (χ1n) is 6.45. The van der Waals surface area contributed by atoms with Crippen molar-refractivity contribution >= 4 is 11.8 Å². The molecule has 0 bridgehead atoms. The van der Waals surface area contributed by atoms with Gasteiger partial charge in [-0.2, -0.15) is 0 Å². The molecule has 1 fully saturated rings. The maximum atomic E-state index is 5.99. The minimum atomic E-state index is 0.402. The van der Waals surface area contributed by atoms with Crippen molar-refractivity contribution in [2.45, 2.75) is 57.1 Å². The van der Waals surface area contributed by atoms with Crippen molar-refractivity contribution in [3.63, 3.8) is 0 Å². The van der Waals surface area contributed by atoms with Crippen molar-refractivity contribution < 1.29 is 4.74 Å². The van der Waals surface area contributed by atoms with Gasteiger partial charge in [0.2, 0.25) is 0 Å². The molecule has 1 heterocycles. The van der Waals surface area contributed by atoms with Crippen molar-refractivity contribution in [2.24, 2.45) is 11.8 Å². The lowest BCUT2D eigenvalue weighted by Gasteiger charge is -2.41. The van der Waals surface area contributed by atoms with Gasteiger partial charge in [-0.15, -0.1) is 11.8 Å². The Kier molecular flexibility index (Phi) is 3.70. The van der Waals surface area contributed by atoms with Crippen LogP contribution in [0.5, 0.6) is 0 Å². The van der Waals surface area contributed by atoms with Gasteiger partial charge in [0.15, 0.2) is 0 Å². The fourth-order valence-corrected chi connectivity index (χ4v) is 4.29. The molecule has 1 aliphatic carbocycles. The average molecular weight is 240 g/mol. The Morgan fingerprint density at radius 2 is 2.19 bits per heavy atom. The summed E-state index contributed by atoms with van der Waals surface area (Å²) >= 11 is 2.05. The molecule has 0 amide bonds. The number of rotatable bonds is 1. The fraction of sp³-hybridized carbons (Fsp3) is 0.857. The fourth-order valence-electron chi connectivity index (χ4n) is 2.74. The van der Waals surface area contributed by atoms with E-state index in [1.165, 1.54) is 19.3 Å². The first-order valence-corrected chi connectivity index (χ1v) is 7.33. The van der Waals surface area contributed by atoms with Crippen LogP contribution in [0.1, 0.15) is 47.0 Å². The van der Waals surface area contributed by atoms with Gasteiger partial charge in [0, 0.05) is 17.3 Å². The minimum Gasteiger partial charge on any atom is -0.367 e. The van der Waals surface area contributed by atoms with Crippen LogP contribution in [0, 0.1) is 11.8 Å². The van der Waals surface area contributed by atoms with Crippen molar-refractivity contribution in [3.8, 4) is 0 Å². The lowest BCUT2D eigenvalue weighted by atomic mass is 9.82. The van der Waals surface area contributed by atoms with E-state index in [0.717, 1.165) is 6.61 Å². The summed E-state index contributed by atoms with van der Waals surface area (Å²) in [6.45, 7) is 10.2. The molecule has 2 rings (SSSR count). The van der Waals surface area contributed by atoms with Crippen LogP contribution in [0.2, 0.25) is 0 Å². The summed E-state index contributed by atoms with van der Waals surface area (Å²) in [5.41, 5.74) is 1.98. The molecule has 2 aliphatic rings. The van der Waals surface area contributed by atoms with Crippen molar-refractivity contribution in [3.05, 3.63) is 11.6 Å². The lowest BCUT2D eigenvalue weighted by Crippen LogP contribution is -2.37. The van der Waals surface area contributed by atoms with Crippen LogP contribution in [0.15, 0.2) is 11.6 Å². The van der Waals surface area contributed by atoms with Crippen LogP contribution in [0.25, 0.3) is 0 Å². The number of thioether (sulfide) groups is 1. The van der Waals surface area contributed by atoms with Gasteiger partial charge in [-0.1, -0.05) is 32.4 Å². The van der Waals surface area contributed by atoms with Crippen molar-refractivity contribution in [1.82, 2.24) is 0 Å². The van der Waals surface area contributed by atoms with Gasteiger partial charge in [0.05, 0.1) is 0 Å². The molecule has 0 aromatic carbocycles. The molecule has 16 heavy (non-hydrogen) atoms. The zero-order valence-electron chi connectivity index (χ0n) is 11.0. The minimum absolute atomic E-state index is 0.402. The van der Waals surface area contributed by atoms with Crippen LogP contribution in [-0.4, -0.2) is 16.8 Å². The smallest absolute Gasteiger partial charge is 0.107 e. The number of hydrogen-bond acceptors (Lipinski definition) is 2. The summed E-state index contributed by atoms with van der Waals surface area (Å²) in [5.74, 6) is 1.40. The Labute approximate surface area is 104 Å². The number of allylic oxidation sites excluding steroid dienone is 2. The van der Waals surface area contributed by atoms with Gasteiger partial charge >= 0.3 is 0 Å². The second-order valence-electron chi connectivity index (χ2n) is 5.94. The molecular formula is C14H24OS. The van der Waals surface area contributed by atoms with Crippen molar-refractivity contribution in [1.29, 1.82) is 0 Å². The maximum Gasteiger partial charge on any atom is 0.107 e. The van der Waals surface area contributed by atoms with Gasteiger partial charge in [-0.25, -0.2) is 0 Å². The van der Waals surface area contributed by atoms with E-state index in [4.69, 9.17) is 4.74 Å². The normalized spacial score (nSPS) is 39.2. The van der Waals surface area contributed by atoms with E-state index < -0.39 is 0 Å².